The molecule has 0 aliphatic carbocycles. The number of halogens is 3. The van der Waals surface area contributed by atoms with Crippen LogP contribution in [0, 0.1) is 0 Å². The molecule has 0 fully saturated rings. The van der Waals surface area contributed by atoms with Gasteiger partial charge in [-0.15, -0.1) is 0 Å². The highest BCUT2D eigenvalue weighted by atomic mass is 28.2. The van der Waals surface area contributed by atoms with Gasteiger partial charge >= 0.3 is 0 Å². The number of rotatable bonds is 4. The molecule has 0 heterocycles. The van der Waals surface area contributed by atoms with Gasteiger partial charge in [0.15, 0.2) is 6.17 Å². The Morgan fingerprint density at radius 1 is 1.27 bits per heavy atom. The molecule has 0 rings (SSSR count). The summed E-state index contributed by atoms with van der Waals surface area (Å²) >= 11 is 0. The third kappa shape index (κ3) is 4.42. The molecule has 0 aromatic rings. The summed E-state index contributed by atoms with van der Waals surface area (Å²) in [5.74, 6) is 0. The van der Waals surface area contributed by atoms with Crippen LogP contribution in [0.1, 0.15) is 20.8 Å². The quantitative estimate of drug-likeness (QED) is 0.604. The molecule has 0 radical (unpaired) electrons. The average molecular weight is 186 g/mol. The first-order chi connectivity index (χ1) is 4.86. The molecular weight excluding hydrogens is 173 g/mol. The van der Waals surface area contributed by atoms with E-state index in [2.05, 4.69) is 0 Å². The smallest absolute Gasteiger partial charge is 0.280 e. The molecular formula is C6H13F3OSi. The van der Waals surface area contributed by atoms with Gasteiger partial charge in [-0.25, -0.2) is 13.2 Å². The second-order valence-corrected chi connectivity index (χ2v) is 4.30. The Morgan fingerprint density at radius 3 is 2.00 bits per heavy atom. The van der Waals surface area contributed by atoms with Gasteiger partial charge < -0.3 is 4.43 Å². The van der Waals surface area contributed by atoms with E-state index in [0.717, 1.165) is 6.92 Å². The summed E-state index contributed by atoms with van der Waals surface area (Å²) in [4.78, 5) is 0. The molecule has 0 N–H and O–H groups in total. The fourth-order valence-corrected chi connectivity index (χ4v) is 1.18. The molecule has 0 amide bonds. The maximum Gasteiger partial charge on any atom is 0.280 e. The highest BCUT2D eigenvalue weighted by Gasteiger charge is 2.37. The van der Waals surface area contributed by atoms with Crippen LogP contribution in [0.2, 0.25) is 0 Å². The zero-order valence-electron chi connectivity index (χ0n) is 6.90. The van der Waals surface area contributed by atoms with Crippen molar-refractivity contribution in [2.24, 2.45) is 0 Å². The molecule has 1 atom stereocenters. The number of hydrogen-bond donors (Lipinski definition) is 0. The summed E-state index contributed by atoms with van der Waals surface area (Å²) in [6.45, 7) is 4.18. The van der Waals surface area contributed by atoms with E-state index in [1.54, 1.807) is 13.8 Å². The van der Waals surface area contributed by atoms with E-state index in [-0.39, 0.29) is 6.10 Å². The summed E-state index contributed by atoms with van der Waals surface area (Å²) in [5, 5.41) is 0. The molecule has 68 valence electrons. The first-order valence-corrected chi connectivity index (χ1v) is 4.78. The predicted octanol–water partition coefficient (Wildman–Crippen LogP) is 1.45. The summed E-state index contributed by atoms with van der Waals surface area (Å²) in [7, 11) is -2.06. The number of hydrogen-bond acceptors (Lipinski definition) is 1. The van der Waals surface area contributed by atoms with E-state index in [1.165, 1.54) is 0 Å². The molecule has 0 aliphatic rings. The Labute approximate surface area is 66.9 Å². The minimum atomic E-state index is -3.22. The normalized spacial score (nSPS) is 16.6. The first kappa shape index (κ1) is 11.0. The van der Waals surface area contributed by atoms with Crippen LogP contribution in [0.4, 0.5) is 13.2 Å². The molecule has 0 spiro atoms. The van der Waals surface area contributed by atoms with Crippen molar-refractivity contribution in [2.45, 2.75) is 38.6 Å². The van der Waals surface area contributed by atoms with Crippen LogP contribution in [-0.4, -0.2) is 27.6 Å². The minimum Gasteiger partial charge on any atom is -0.415 e. The van der Waals surface area contributed by atoms with Crippen LogP contribution in [-0.2, 0) is 4.43 Å². The Kier molecular flexibility index (Phi) is 4.10. The maximum atomic E-state index is 12.5. The fourth-order valence-electron chi connectivity index (χ4n) is 0.393. The fraction of sp³-hybridized carbons (Fsp3) is 1.00. The molecule has 5 heteroatoms. The Bertz CT molecular complexity index is 116. The topological polar surface area (TPSA) is 9.23 Å². The van der Waals surface area contributed by atoms with Gasteiger partial charge in [-0.05, 0) is 20.8 Å². The molecule has 0 bridgehead atoms. The number of alkyl halides is 3. The van der Waals surface area contributed by atoms with E-state index in [4.69, 9.17) is 4.43 Å². The van der Waals surface area contributed by atoms with Gasteiger partial charge in [-0.3, -0.25) is 0 Å². The molecule has 0 aromatic heterocycles. The van der Waals surface area contributed by atoms with Crippen molar-refractivity contribution in [3.63, 3.8) is 0 Å². The van der Waals surface area contributed by atoms with Crippen molar-refractivity contribution in [1.29, 1.82) is 0 Å². The van der Waals surface area contributed by atoms with Crippen LogP contribution in [0.15, 0.2) is 0 Å². The van der Waals surface area contributed by atoms with E-state index < -0.39 is 21.5 Å². The second kappa shape index (κ2) is 4.11. The molecule has 1 nitrogen and oxygen atoms in total. The SMILES string of the molecule is CC(C)O[SiH2]C(F)(F)C(C)F. The van der Waals surface area contributed by atoms with Gasteiger partial charge in [0.25, 0.3) is 5.55 Å². The molecule has 0 saturated heterocycles. The monoisotopic (exact) mass is 186 g/mol. The average Bonchev–Trinajstić information content (AvgIpc) is 1.84. The van der Waals surface area contributed by atoms with Gasteiger partial charge in [0, 0.05) is 6.10 Å². The van der Waals surface area contributed by atoms with Gasteiger partial charge in [0.1, 0.15) is 0 Å². The molecule has 1 unspecified atom stereocenters. The van der Waals surface area contributed by atoms with E-state index in [1.807, 2.05) is 0 Å². The lowest BCUT2D eigenvalue weighted by atomic mass is 10.5. The lowest BCUT2D eigenvalue weighted by Gasteiger charge is -2.18. The largest absolute Gasteiger partial charge is 0.415 e. The minimum absolute atomic E-state index is 0.230. The molecule has 0 aromatic carbocycles. The van der Waals surface area contributed by atoms with Crippen molar-refractivity contribution in [3.05, 3.63) is 0 Å². The maximum absolute atomic E-state index is 12.5. The third-order valence-electron chi connectivity index (χ3n) is 1.19. The molecule has 0 aliphatic heterocycles. The third-order valence-corrected chi connectivity index (χ3v) is 2.97. The Morgan fingerprint density at radius 2 is 1.73 bits per heavy atom. The lowest BCUT2D eigenvalue weighted by molar-refractivity contribution is -0.00535. The highest BCUT2D eigenvalue weighted by Crippen LogP contribution is 2.20. The Balaban J connectivity index is 3.73. The van der Waals surface area contributed by atoms with Crippen LogP contribution >= 0.6 is 0 Å². The summed E-state index contributed by atoms with van der Waals surface area (Å²) in [5.41, 5.74) is -3.22. The van der Waals surface area contributed by atoms with Gasteiger partial charge in [0.05, 0.1) is 0 Å². The molecule has 11 heavy (non-hydrogen) atoms. The highest BCUT2D eigenvalue weighted by molar-refractivity contribution is 6.31. The summed E-state index contributed by atoms with van der Waals surface area (Å²) in [6.07, 6.45) is -2.32. The van der Waals surface area contributed by atoms with Crippen LogP contribution < -0.4 is 0 Å². The predicted molar refractivity (Wildman–Crippen MR) is 40.3 cm³/mol. The summed E-state index contributed by atoms with van der Waals surface area (Å²) in [6, 6.07) is 0. The zero-order valence-corrected chi connectivity index (χ0v) is 8.32. The summed E-state index contributed by atoms with van der Waals surface area (Å²) < 4.78 is 41.8. The van der Waals surface area contributed by atoms with E-state index in [0.29, 0.717) is 0 Å². The van der Waals surface area contributed by atoms with E-state index in [9.17, 15) is 13.2 Å². The van der Waals surface area contributed by atoms with Crippen LogP contribution in [0.3, 0.4) is 0 Å². The van der Waals surface area contributed by atoms with Gasteiger partial charge in [-0.1, -0.05) is 0 Å². The van der Waals surface area contributed by atoms with Crippen LogP contribution in [0.25, 0.3) is 0 Å². The van der Waals surface area contributed by atoms with Gasteiger partial charge in [0.2, 0.25) is 9.76 Å². The van der Waals surface area contributed by atoms with E-state index >= 15 is 0 Å². The standard InChI is InChI=1S/C6H13F3OSi/c1-4(2)10-11-6(8,9)5(3)7/h4-5H,11H2,1-3H3. The van der Waals surface area contributed by atoms with Gasteiger partial charge in [-0.2, -0.15) is 0 Å². The van der Waals surface area contributed by atoms with Crippen molar-refractivity contribution in [3.8, 4) is 0 Å². The lowest BCUT2D eigenvalue weighted by Crippen LogP contribution is -2.37. The Hall–Kier alpha value is -0.0331. The van der Waals surface area contributed by atoms with Crippen LogP contribution in [0.5, 0.6) is 0 Å². The first-order valence-electron chi connectivity index (χ1n) is 3.49. The molecule has 0 saturated carbocycles. The van der Waals surface area contributed by atoms with Crippen molar-refractivity contribution in [2.75, 3.05) is 0 Å². The second-order valence-electron chi connectivity index (χ2n) is 2.74. The van der Waals surface area contributed by atoms with Crippen molar-refractivity contribution < 1.29 is 17.6 Å². The van der Waals surface area contributed by atoms with Crippen molar-refractivity contribution in [1.82, 2.24) is 0 Å². The zero-order chi connectivity index (χ0) is 9.07. The van der Waals surface area contributed by atoms with Crippen molar-refractivity contribution >= 4 is 9.76 Å².